The lowest BCUT2D eigenvalue weighted by atomic mass is 9.89. The first-order chi connectivity index (χ1) is 20.3. The number of hydrogen-bond donors (Lipinski definition) is 3. The number of nitrogen functional groups attached to an aromatic ring is 1. The Kier molecular flexibility index (Phi) is 9.96. The predicted octanol–water partition coefficient (Wildman–Crippen LogP) is 4.89. The summed E-state index contributed by atoms with van der Waals surface area (Å²) in [4.78, 5) is 25.8. The minimum Gasteiger partial charge on any atom is -0.490 e. The molecule has 1 aromatic heterocycles. The molecule has 0 bridgehead atoms. The number of halogens is 1. The summed E-state index contributed by atoms with van der Waals surface area (Å²) in [5.41, 5.74) is 8.05. The van der Waals surface area contributed by atoms with E-state index < -0.39 is 29.4 Å². The van der Waals surface area contributed by atoms with E-state index in [0.717, 1.165) is 32.5 Å². The molecule has 1 saturated heterocycles. The minimum atomic E-state index is -1.50. The topological polar surface area (TPSA) is 138 Å². The molecule has 11 heteroatoms. The average Bonchev–Trinajstić information content (AvgIpc) is 3.60. The molecule has 4 N–H and O–H groups in total. The number of ether oxygens (including phenoxy) is 3. The summed E-state index contributed by atoms with van der Waals surface area (Å²) in [6.07, 6.45) is 2.56. The highest BCUT2D eigenvalue weighted by atomic mass is 19.1. The van der Waals surface area contributed by atoms with Gasteiger partial charge in [-0.3, -0.25) is 4.79 Å². The van der Waals surface area contributed by atoms with Gasteiger partial charge in [0.1, 0.15) is 5.82 Å². The fourth-order valence-corrected chi connectivity index (χ4v) is 5.59. The molecule has 1 aromatic carbocycles. The first-order valence-corrected chi connectivity index (χ1v) is 14.8. The van der Waals surface area contributed by atoms with Crippen LogP contribution in [0.1, 0.15) is 80.6 Å². The van der Waals surface area contributed by atoms with Crippen molar-refractivity contribution in [1.82, 2.24) is 15.1 Å². The number of nitrogens with one attached hydrogen (secondary N) is 1. The second-order valence-corrected chi connectivity index (χ2v) is 12.3. The maximum Gasteiger partial charge on any atom is 0.337 e. The van der Waals surface area contributed by atoms with Gasteiger partial charge in [-0.15, -0.1) is 0 Å². The summed E-state index contributed by atoms with van der Waals surface area (Å²) >= 11 is 0. The van der Waals surface area contributed by atoms with Crippen LogP contribution in [0.25, 0.3) is 5.70 Å². The van der Waals surface area contributed by atoms with Gasteiger partial charge in [0.15, 0.2) is 23.4 Å². The van der Waals surface area contributed by atoms with Crippen LogP contribution in [0.2, 0.25) is 0 Å². The van der Waals surface area contributed by atoms with Crippen LogP contribution >= 0.6 is 0 Å². The number of aromatic nitrogens is 2. The van der Waals surface area contributed by atoms with Crippen LogP contribution in [0, 0.1) is 18.7 Å². The lowest BCUT2D eigenvalue weighted by Gasteiger charge is -2.30. The number of carboxylic acids is 1. The van der Waals surface area contributed by atoms with E-state index in [4.69, 9.17) is 19.9 Å². The minimum absolute atomic E-state index is 0.0447. The Balaban J connectivity index is 1.83. The zero-order valence-corrected chi connectivity index (χ0v) is 25.7. The highest BCUT2D eigenvalue weighted by molar-refractivity contribution is 5.94. The van der Waals surface area contributed by atoms with Crippen LogP contribution in [-0.2, 0) is 20.7 Å². The molecular weight excluding hydrogens is 555 g/mol. The van der Waals surface area contributed by atoms with Gasteiger partial charge < -0.3 is 30.4 Å². The fourth-order valence-electron chi connectivity index (χ4n) is 5.59. The molecule has 234 valence electrons. The molecule has 2 aromatic rings. The Hall–Kier alpha value is -3.70. The first kappa shape index (κ1) is 32.2. The molecule has 0 aliphatic carbocycles. The summed E-state index contributed by atoms with van der Waals surface area (Å²) in [6, 6.07) is 2.71. The van der Waals surface area contributed by atoms with E-state index in [-0.39, 0.29) is 28.5 Å². The molecule has 0 radical (unpaired) electrons. The number of hydrogen-bond acceptors (Lipinski definition) is 7. The number of carbonyl (C=O) groups is 2. The Bertz CT molecular complexity index is 1420. The van der Waals surface area contributed by atoms with Gasteiger partial charge in [0.05, 0.1) is 17.9 Å². The van der Waals surface area contributed by atoms with E-state index in [1.165, 1.54) is 16.8 Å². The molecule has 4 rings (SSSR count). The number of amides is 1. The standard InChI is InChI=1S/C32H43FN4O6/c1-18(2)26(29(31(39)40)43-32(4,5)6)27(22-15-23(33)28-21(19(22)3)10-8-13-42-28)37-25(34)16-24(36-37)30(38)35-12-7-9-20-11-14-41-17-20/h15-16,20,29H,1,7-14,17,34H2,2-6H3,(H,35,38)(H,39,40)/b27-26+/t20?,29-/m0/s1. The normalized spacial score (nSPS) is 18.0. The van der Waals surface area contributed by atoms with Crippen LogP contribution in [0.5, 0.6) is 5.75 Å². The van der Waals surface area contributed by atoms with Gasteiger partial charge >= 0.3 is 5.97 Å². The maximum absolute atomic E-state index is 15.6. The number of anilines is 1. The van der Waals surface area contributed by atoms with E-state index >= 15 is 4.39 Å². The average molecular weight is 599 g/mol. The van der Waals surface area contributed by atoms with Gasteiger partial charge in [-0.1, -0.05) is 6.58 Å². The number of rotatable bonds is 11. The Labute approximate surface area is 252 Å². The number of nitrogens with two attached hydrogens (primary N) is 1. The van der Waals surface area contributed by atoms with Crippen molar-refractivity contribution in [3.8, 4) is 5.75 Å². The van der Waals surface area contributed by atoms with E-state index in [9.17, 15) is 14.7 Å². The quantitative estimate of drug-likeness (QED) is 0.246. The third kappa shape index (κ3) is 7.45. The Morgan fingerprint density at radius 1 is 1.33 bits per heavy atom. The largest absolute Gasteiger partial charge is 0.490 e. The Morgan fingerprint density at radius 3 is 2.70 bits per heavy atom. The number of fused-ring (bicyclic) bond motifs is 1. The van der Waals surface area contributed by atoms with E-state index in [1.807, 2.05) is 6.92 Å². The Morgan fingerprint density at radius 2 is 2.07 bits per heavy atom. The van der Waals surface area contributed by atoms with Crippen LogP contribution in [0.4, 0.5) is 10.2 Å². The number of aliphatic carboxylic acids is 1. The van der Waals surface area contributed by atoms with E-state index in [2.05, 4.69) is 17.0 Å². The van der Waals surface area contributed by atoms with Gasteiger partial charge in [-0.2, -0.15) is 5.10 Å². The summed E-state index contributed by atoms with van der Waals surface area (Å²) in [5.74, 6) is -1.53. The molecule has 1 unspecified atom stereocenters. The number of carboxylic acid groups (broad SMARTS) is 1. The second kappa shape index (κ2) is 13.3. The van der Waals surface area contributed by atoms with E-state index in [1.54, 1.807) is 27.7 Å². The van der Waals surface area contributed by atoms with Crippen molar-refractivity contribution in [3.63, 3.8) is 0 Å². The van der Waals surface area contributed by atoms with Gasteiger partial charge in [0.2, 0.25) is 0 Å². The zero-order valence-electron chi connectivity index (χ0n) is 25.7. The van der Waals surface area contributed by atoms with Gasteiger partial charge in [-0.05, 0) is 89.8 Å². The number of benzene rings is 1. The SMILES string of the molecule is C=C(C)/C(=C(/c1cc(F)c2c(c1C)CCCO2)n1nc(C(=O)NCCCC2CCOC2)cc1N)[C@H](OC(C)(C)C)C(=O)O. The molecule has 0 spiro atoms. The summed E-state index contributed by atoms with van der Waals surface area (Å²) in [7, 11) is 0. The second-order valence-electron chi connectivity index (χ2n) is 12.3. The van der Waals surface area contributed by atoms with Gasteiger partial charge in [0.25, 0.3) is 5.91 Å². The van der Waals surface area contributed by atoms with Crippen molar-refractivity contribution >= 4 is 23.4 Å². The molecule has 1 fully saturated rings. The van der Waals surface area contributed by atoms with Crippen LogP contribution in [-0.4, -0.2) is 64.8 Å². The van der Waals surface area contributed by atoms with Gasteiger partial charge in [0, 0.05) is 42.5 Å². The van der Waals surface area contributed by atoms with Crippen molar-refractivity contribution < 1.29 is 33.3 Å². The first-order valence-electron chi connectivity index (χ1n) is 14.8. The summed E-state index contributed by atoms with van der Waals surface area (Å²) < 4.78 is 33.9. The van der Waals surface area contributed by atoms with Crippen molar-refractivity contribution in [2.45, 2.75) is 78.4 Å². The molecule has 10 nitrogen and oxygen atoms in total. The fraction of sp³-hybridized carbons (Fsp3) is 0.531. The molecule has 2 aliphatic heterocycles. The van der Waals surface area contributed by atoms with Crippen molar-refractivity contribution in [3.05, 3.63) is 58.1 Å². The smallest absolute Gasteiger partial charge is 0.337 e. The lowest BCUT2D eigenvalue weighted by Crippen LogP contribution is -2.36. The molecule has 1 amide bonds. The van der Waals surface area contributed by atoms with Crippen LogP contribution in [0.3, 0.4) is 0 Å². The third-order valence-corrected chi connectivity index (χ3v) is 7.64. The zero-order chi connectivity index (χ0) is 31.5. The highest BCUT2D eigenvalue weighted by Gasteiger charge is 2.35. The number of nitrogens with zero attached hydrogens (tertiary/aromatic N) is 2. The van der Waals surface area contributed by atoms with Crippen LogP contribution < -0.4 is 15.8 Å². The predicted molar refractivity (Wildman–Crippen MR) is 161 cm³/mol. The van der Waals surface area contributed by atoms with E-state index in [0.29, 0.717) is 54.2 Å². The van der Waals surface area contributed by atoms with Crippen molar-refractivity contribution in [1.29, 1.82) is 0 Å². The third-order valence-electron chi connectivity index (χ3n) is 7.64. The maximum atomic E-state index is 15.6. The summed E-state index contributed by atoms with van der Waals surface area (Å²) in [6.45, 7) is 15.1. The highest BCUT2D eigenvalue weighted by Crippen LogP contribution is 2.39. The van der Waals surface area contributed by atoms with Crippen molar-refractivity contribution in [2.24, 2.45) is 5.92 Å². The van der Waals surface area contributed by atoms with Crippen LogP contribution in [0.15, 0.2) is 29.9 Å². The van der Waals surface area contributed by atoms with Crippen molar-refractivity contribution in [2.75, 3.05) is 32.1 Å². The van der Waals surface area contributed by atoms with Gasteiger partial charge in [-0.25, -0.2) is 13.9 Å². The molecular formula is C32H43FN4O6. The molecule has 2 aliphatic rings. The lowest BCUT2D eigenvalue weighted by molar-refractivity contribution is -0.155. The number of carbonyl (C=O) groups excluding carboxylic acids is 1. The molecule has 2 atom stereocenters. The molecule has 43 heavy (non-hydrogen) atoms. The molecule has 0 saturated carbocycles. The molecule has 3 heterocycles. The monoisotopic (exact) mass is 598 g/mol. The summed E-state index contributed by atoms with van der Waals surface area (Å²) in [5, 5.41) is 17.8.